The number of carbonyl (C=O) groups is 2. The fraction of sp³-hybridized carbons (Fsp3) is 0.650. The molecule has 0 radical (unpaired) electrons. The highest BCUT2D eigenvalue weighted by atomic mass is 16.7. The highest BCUT2D eigenvalue weighted by Crippen LogP contribution is 2.57. The Kier molecular flexibility index (Phi) is 5.03. The van der Waals surface area contributed by atoms with Gasteiger partial charge in [-0.15, -0.1) is 0 Å². The topological polar surface area (TPSA) is 127 Å². The lowest BCUT2D eigenvalue weighted by Gasteiger charge is -2.60. The van der Waals surface area contributed by atoms with Gasteiger partial charge in [0.2, 0.25) is 5.76 Å². The average Bonchev–Trinajstić information content (AvgIpc) is 3.16. The SMILES string of the molecule is N#CCCN(C(=O)COC(=O)c1ccc([N+](=O)[O-])o1)C12CC3CC(CC(C3)C1)C2. The van der Waals surface area contributed by atoms with Crippen LogP contribution in [-0.4, -0.2) is 40.4 Å². The molecular weight excluding hydrogens is 378 g/mol. The van der Waals surface area contributed by atoms with E-state index in [0.717, 1.165) is 31.4 Å². The third-order valence-electron chi connectivity index (χ3n) is 6.63. The van der Waals surface area contributed by atoms with E-state index in [1.165, 1.54) is 19.3 Å². The summed E-state index contributed by atoms with van der Waals surface area (Å²) in [6, 6.07) is 4.32. The predicted molar refractivity (Wildman–Crippen MR) is 98.5 cm³/mol. The summed E-state index contributed by atoms with van der Waals surface area (Å²) in [5.74, 6) is -0.233. The highest BCUT2D eigenvalue weighted by molar-refractivity contribution is 5.89. The molecule has 4 bridgehead atoms. The van der Waals surface area contributed by atoms with Crippen LogP contribution in [0.1, 0.15) is 55.5 Å². The third-order valence-corrected chi connectivity index (χ3v) is 6.63. The maximum absolute atomic E-state index is 13.0. The lowest BCUT2D eigenvalue weighted by atomic mass is 9.52. The Morgan fingerprint density at radius 2 is 1.86 bits per heavy atom. The average molecular weight is 401 g/mol. The first kappa shape index (κ1) is 19.4. The Labute approximate surface area is 167 Å². The van der Waals surface area contributed by atoms with Crippen molar-refractivity contribution < 1.29 is 23.7 Å². The van der Waals surface area contributed by atoms with Crippen molar-refractivity contribution in [3.05, 3.63) is 28.0 Å². The van der Waals surface area contributed by atoms with E-state index in [1.807, 2.05) is 0 Å². The fourth-order valence-electron chi connectivity index (χ4n) is 6.00. The molecule has 4 aliphatic carbocycles. The lowest BCUT2D eigenvalue weighted by molar-refractivity contribution is -0.402. The normalized spacial score (nSPS) is 29.3. The molecule has 4 saturated carbocycles. The van der Waals surface area contributed by atoms with Gasteiger partial charge < -0.3 is 14.1 Å². The largest absolute Gasteiger partial charge is 0.450 e. The number of ether oxygens (including phenoxy) is 1. The minimum atomic E-state index is -0.919. The number of furan rings is 1. The number of hydrogen-bond acceptors (Lipinski definition) is 7. The molecule has 0 atom stereocenters. The number of amides is 1. The van der Waals surface area contributed by atoms with Crippen molar-refractivity contribution >= 4 is 17.8 Å². The minimum absolute atomic E-state index is 0.228. The first-order chi connectivity index (χ1) is 13.9. The predicted octanol–water partition coefficient (Wildman–Crippen LogP) is 3.06. The van der Waals surface area contributed by atoms with Crippen LogP contribution in [0.25, 0.3) is 0 Å². The van der Waals surface area contributed by atoms with Crippen LogP contribution in [0.15, 0.2) is 16.5 Å². The van der Waals surface area contributed by atoms with Gasteiger partial charge >= 0.3 is 11.9 Å². The summed E-state index contributed by atoms with van der Waals surface area (Å²) >= 11 is 0. The van der Waals surface area contributed by atoms with E-state index < -0.39 is 23.4 Å². The molecule has 0 aliphatic heterocycles. The van der Waals surface area contributed by atoms with Gasteiger partial charge in [-0.1, -0.05) is 0 Å². The molecule has 1 aromatic rings. The van der Waals surface area contributed by atoms with Crippen molar-refractivity contribution in [2.24, 2.45) is 17.8 Å². The Morgan fingerprint density at radius 3 is 2.38 bits per heavy atom. The fourth-order valence-corrected chi connectivity index (χ4v) is 6.00. The molecule has 0 N–H and O–H groups in total. The minimum Gasteiger partial charge on any atom is -0.450 e. The molecule has 4 fully saturated rings. The zero-order valence-electron chi connectivity index (χ0n) is 16.0. The van der Waals surface area contributed by atoms with Crippen LogP contribution in [-0.2, 0) is 9.53 Å². The molecule has 29 heavy (non-hydrogen) atoms. The Balaban J connectivity index is 1.44. The van der Waals surface area contributed by atoms with Crippen LogP contribution >= 0.6 is 0 Å². The van der Waals surface area contributed by atoms with Crippen LogP contribution in [0.3, 0.4) is 0 Å². The molecule has 0 unspecified atom stereocenters. The molecule has 0 spiro atoms. The Hall–Kier alpha value is -2.89. The van der Waals surface area contributed by atoms with E-state index in [2.05, 4.69) is 6.07 Å². The van der Waals surface area contributed by atoms with Gasteiger partial charge in [-0.2, -0.15) is 5.26 Å². The first-order valence-corrected chi connectivity index (χ1v) is 9.99. The van der Waals surface area contributed by atoms with Gasteiger partial charge in [-0.25, -0.2) is 4.79 Å². The molecule has 1 amide bonds. The van der Waals surface area contributed by atoms with Crippen molar-refractivity contribution in [1.29, 1.82) is 5.26 Å². The van der Waals surface area contributed by atoms with Gasteiger partial charge in [-0.05, 0) is 62.3 Å². The molecule has 4 aliphatic rings. The number of nitrogens with zero attached hydrogens (tertiary/aromatic N) is 3. The second kappa shape index (κ2) is 7.50. The summed E-state index contributed by atoms with van der Waals surface area (Å²) in [6.45, 7) is -0.147. The van der Waals surface area contributed by atoms with Crippen molar-refractivity contribution in [1.82, 2.24) is 4.90 Å². The van der Waals surface area contributed by atoms with E-state index in [4.69, 9.17) is 14.4 Å². The van der Waals surface area contributed by atoms with Crippen LogP contribution in [0, 0.1) is 39.2 Å². The maximum Gasteiger partial charge on any atom is 0.433 e. The number of rotatable bonds is 7. The zero-order valence-corrected chi connectivity index (χ0v) is 16.0. The maximum atomic E-state index is 13.0. The second-order valence-corrected chi connectivity index (χ2v) is 8.57. The summed E-state index contributed by atoms with van der Waals surface area (Å²) in [7, 11) is 0. The number of hydrogen-bond donors (Lipinski definition) is 0. The molecule has 9 heteroatoms. The highest BCUT2D eigenvalue weighted by Gasteiger charge is 2.54. The Bertz CT molecular complexity index is 835. The summed E-state index contributed by atoms with van der Waals surface area (Å²) in [6.07, 6.45) is 6.77. The van der Waals surface area contributed by atoms with Gasteiger partial charge in [0.05, 0.1) is 18.6 Å². The summed E-state index contributed by atoms with van der Waals surface area (Å²) in [5, 5.41) is 19.7. The standard InChI is InChI=1S/C20H23N3O6/c21-4-1-5-22(20-9-13-6-14(10-20)8-15(7-13)11-20)17(24)12-28-19(25)16-2-3-18(29-16)23(26)27/h2-3,13-15H,1,5-12H2. The summed E-state index contributed by atoms with van der Waals surface area (Å²) < 4.78 is 9.90. The molecule has 0 aromatic carbocycles. The summed E-state index contributed by atoms with van der Waals surface area (Å²) in [4.78, 5) is 36.8. The zero-order chi connectivity index (χ0) is 20.6. The quantitative estimate of drug-likeness (QED) is 0.390. The number of carbonyl (C=O) groups excluding carboxylic acids is 2. The number of esters is 1. The second-order valence-electron chi connectivity index (χ2n) is 8.57. The van der Waals surface area contributed by atoms with Crippen LogP contribution in [0.5, 0.6) is 0 Å². The monoisotopic (exact) mass is 401 g/mol. The van der Waals surface area contributed by atoms with E-state index in [0.29, 0.717) is 24.3 Å². The Morgan fingerprint density at radius 1 is 1.24 bits per heavy atom. The molecule has 1 aromatic heterocycles. The molecule has 9 nitrogen and oxygen atoms in total. The molecule has 0 saturated heterocycles. The lowest BCUT2D eigenvalue weighted by Crippen LogP contribution is -2.62. The van der Waals surface area contributed by atoms with Crippen molar-refractivity contribution in [3.63, 3.8) is 0 Å². The van der Waals surface area contributed by atoms with Gasteiger partial charge in [0, 0.05) is 12.1 Å². The third kappa shape index (κ3) is 3.71. The van der Waals surface area contributed by atoms with Gasteiger partial charge in [-0.3, -0.25) is 14.9 Å². The molecule has 1 heterocycles. The van der Waals surface area contributed by atoms with Gasteiger partial charge in [0.25, 0.3) is 5.91 Å². The van der Waals surface area contributed by atoms with Crippen LogP contribution in [0.4, 0.5) is 5.88 Å². The first-order valence-electron chi connectivity index (χ1n) is 9.99. The van der Waals surface area contributed by atoms with Crippen LogP contribution < -0.4 is 0 Å². The van der Waals surface area contributed by atoms with Crippen molar-refractivity contribution in [2.75, 3.05) is 13.2 Å². The van der Waals surface area contributed by atoms with Gasteiger partial charge in [0.1, 0.15) is 4.92 Å². The van der Waals surface area contributed by atoms with Crippen molar-refractivity contribution in [2.45, 2.75) is 50.5 Å². The van der Waals surface area contributed by atoms with E-state index in [-0.39, 0.29) is 23.6 Å². The van der Waals surface area contributed by atoms with Crippen molar-refractivity contribution in [3.8, 4) is 6.07 Å². The van der Waals surface area contributed by atoms with Gasteiger partial charge in [0.15, 0.2) is 6.61 Å². The molecule has 154 valence electrons. The van der Waals surface area contributed by atoms with E-state index in [9.17, 15) is 19.7 Å². The van der Waals surface area contributed by atoms with Crippen LogP contribution in [0.2, 0.25) is 0 Å². The summed E-state index contributed by atoms with van der Waals surface area (Å²) in [5.41, 5.74) is -0.238. The molecular formula is C20H23N3O6. The van der Waals surface area contributed by atoms with E-state index in [1.54, 1.807) is 4.90 Å². The smallest absolute Gasteiger partial charge is 0.433 e. The van der Waals surface area contributed by atoms with E-state index >= 15 is 0 Å². The number of nitriles is 1. The number of nitro groups is 1. The molecule has 5 rings (SSSR count).